The minimum atomic E-state index is -0.184. The van der Waals surface area contributed by atoms with Crippen LogP contribution < -0.4 is 10.2 Å². The summed E-state index contributed by atoms with van der Waals surface area (Å²) in [5, 5.41) is 2.93. The van der Waals surface area contributed by atoms with Crippen LogP contribution in [0.4, 0.5) is 5.82 Å². The molecule has 3 rings (SSSR count). The van der Waals surface area contributed by atoms with Crippen LogP contribution in [0, 0.1) is 0 Å². The van der Waals surface area contributed by atoms with Crippen molar-refractivity contribution in [3.05, 3.63) is 42.1 Å². The molecule has 2 amide bonds. The van der Waals surface area contributed by atoms with E-state index in [0.29, 0.717) is 44.2 Å². The van der Waals surface area contributed by atoms with Crippen molar-refractivity contribution >= 4 is 17.6 Å². The third-order valence-electron chi connectivity index (χ3n) is 4.84. The van der Waals surface area contributed by atoms with Crippen LogP contribution in [0.2, 0.25) is 0 Å². The van der Waals surface area contributed by atoms with Crippen LogP contribution in [0.1, 0.15) is 37.2 Å². The maximum absolute atomic E-state index is 12.6. The number of anilines is 1. The Morgan fingerprint density at radius 1 is 1.07 bits per heavy atom. The summed E-state index contributed by atoms with van der Waals surface area (Å²) in [6.45, 7) is 6.97. The van der Waals surface area contributed by atoms with Gasteiger partial charge in [0.25, 0.3) is 5.91 Å². The smallest absolute Gasteiger partial charge is 0.270 e. The third kappa shape index (κ3) is 4.85. The lowest BCUT2D eigenvalue weighted by molar-refractivity contribution is -0.129. The summed E-state index contributed by atoms with van der Waals surface area (Å²) in [5.41, 5.74) is 1.24. The Hall–Kier alpha value is -2.96. The van der Waals surface area contributed by atoms with Crippen molar-refractivity contribution in [2.45, 2.75) is 26.7 Å². The molecule has 1 aliphatic heterocycles. The summed E-state index contributed by atoms with van der Waals surface area (Å²) in [6.07, 6.45) is 1.95. The quantitative estimate of drug-likeness (QED) is 0.777. The van der Waals surface area contributed by atoms with Crippen molar-refractivity contribution < 1.29 is 9.59 Å². The highest BCUT2D eigenvalue weighted by Crippen LogP contribution is 2.21. The fourth-order valence-electron chi connectivity index (χ4n) is 3.15. The Labute approximate surface area is 165 Å². The highest BCUT2D eigenvalue weighted by atomic mass is 16.2. The number of carbonyl (C=O) groups excluding carboxylic acids is 2. The molecule has 0 spiro atoms. The highest BCUT2D eigenvalue weighted by Gasteiger charge is 2.22. The molecule has 2 aromatic rings. The largest absolute Gasteiger partial charge is 0.353 e. The third-order valence-corrected chi connectivity index (χ3v) is 4.84. The molecule has 7 heteroatoms. The maximum Gasteiger partial charge on any atom is 0.270 e. The van der Waals surface area contributed by atoms with Gasteiger partial charge < -0.3 is 15.1 Å². The number of aromatic nitrogens is 2. The van der Waals surface area contributed by atoms with Gasteiger partial charge in [-0.3, -0.25) is 9.59 Å². The SMILES string of the molecule is CCCCNC(=O)c1cc(N2CCN(C(C)=O)CC2)nc(-c2ccccc2)n1. The van der Waals surface area contributed by atoms with Gasteiger partial charge >= 0.3 is 0 Å². The molecule has 2 heterocycles. The fraction of sp³-hybridized carbons (Fsp3) is 0.429. The second-order valence-corrected chi connectivity index (χ2v) is 6.90. The number of nitrogens with one attached hydrogen (secondary N) is 1. The number of hydrogen-bond acceptors (Lipinski definition) is 5. The second-order valence-electron chi connectivity index (χ2n) is 6.90. The molecule has 0 atom stereocenters. The zero-order chi connectivity index (χ0) is 19.9. The fourth-order valence-corrected chi connectivity index (χ4v) is 3.15. The first kappa shape index (κ1) is 19.8. The molecule has 1 aromatic carbocycles. The van der Waals surface area contributed by atoms with Gasteiger partial charge in [-0.1, -0.05) is 43.7 Å². The molecule has 1 saturated heterocycles. The molecular formula is C21H27N5O2. The number of hydrogen-bond donors (Lipinski definition) is 1. The lowest BCUT2D eigenvalue weighted by atomic mass is 10.2. The monoisotopic (exact) mass is 381 g/mol. The summed E-state index contributed by atoms with van der Waals surface area (Å²) in [4.78, 5) is 37.3. The van der Waals surface area contributed by atoms with Crippen molar-refractivity contribution in [1.82, 2.24) is 20.2 Å². The van der Waals surface area contributed by atoms with Gasteiger partial charge in [-0.25, -0.2) is 9.97 Å². The second kappa shape index (κ2) is 9.30. The van der Waals surface area contributed by atoms with E-state index < -0.39 is 0 Å². The Morgan fingerprint density at radius 3 is 2.43 bits per heavy atom. The minimum absolute atomic E-state index is 0.0864. The Kier molecular flexibility index (Phi) is 6.57. The standard InChI is InChI=1S/C21H27N5O2/c1-3-4-10-22-21(28)18-15-19(26-13-11-25(12-14-26)16(2)27)24-20(23-18)17-8-6-5-7-9-17/h5-9,15H,3-4,10-14H2,1-2H3,(H,22,28). The van der Waals surface area contributed by atoms with E-state index in [2.05, 4.69) is 22.1 Å². The molecule has 28 heavy (non-hydrogen) atoms. The average molecular weight is 381 g/mol. The van der Waals surface area contributed by atoms with Gasteiger partial charge in [-0.2, -0.15) is 0 Å². The normalized spacial score (nSPS) is 14.1. The van der Waals surface area contributed by atoms with E-state index in [1.54, 1.807) is 13.0 Å². The van der Waals surface area contributed by atoms with Gasteiger partial charge in [0, 0.05) is 51.3 Å². The molecule has 0 bridgehead atoms. The Bertz CT molecular complexity index is 817. The van der Waals surface area contributed by atoms with Gasteiger partial charge in [0.15, 0.2) is 5.82 Å². The number of benzene rings is 1. The number of amides is 2. The van der Waals surface area contributed by atoms with Crippen LogP contribution in [-0.4, -0.2) is 59.4 Å². The van der Waals surface area contributed by atoms with Crippen LogP contribution in [0.3, 0.4) is 0 Å². The van der Waals surface area contributed by atoms with Gasteiger partial charge in [0.05, 0.1) is 0 Å². The first-order valence-corrected chi connectivity index (χ1v) is 9.81. The summed E-state index contributed by atoms with van der Waals surface area (Å²) in [7, 11) is 0. The zero-order valence-electron chi connectivity index (χ0n) is 16.5. The van der Waals surface area contributed by atoms with Crippen molar-refractivity contribution in [1.29, 1.82) is 0 Å². The molecule has 1 aromatic heterocycles. The summed E-state index contributed by atoms with van der Waals surface area (Å²) >= 11 is 0. The van der Waals surface area contributed by atoms with Crippen LogP contribution >= 0.6 is 0 Å². The average Bonchev–Trinajstić information content (AvgIpc) is 2.74. The molecule has 0 unspecified atom stereocenters. The Balaban J connectivity index is 1.87. The molecule has 1 fully saturated rings. The number of nitrogens with zero attached hydrogens (tertiary/aromatic N) is 4. The molecule has 1 N–H and O–H groups in total. The molecule has 0 saturated carbocycles. The van der Waals surface area contributed by atoms with Gasteiger partial charge in [-0.05, 0) is 6.42 Å². The maximum atomic E-state index is 12.6. The van der Waals surface area contributed by atoms with E-state index >= 15 is 0 Å². The topological polar surface area (TPSA) is 78.4 Å². The van der Waals surface area contributed by atoms with E-state index in [0.717, 1.165) is 24.2 Å². The van der Waals surface area contributed by atoms with E-state index in [4.69, 9.17) is 4.98 Å². The molecule has 7 nitrogen and oxygen atoms in total. The van der Waals surface area contributed by atoms with Crippen LogP contribution in [-0.2, 0) is 4.79 Å². The van der Waals surface area contributed by atoms with Crippen LogP contribution in [0.25, 0.3) is 11.4 Å². The van der Waals surface area contributed by atoms with Crippen molar-refractivity contribution in [2.24, 2.45) is 0 Å². The molecular weight excluding hydrogens is 354 g/mol. The summed E-state index contributed by atoms with van der Waals surface area (Å²) in [5.74, 6) is 1.16. The van der Waals surface area contributed by atoms with Crippen molar-refractivity contribution in [3.63, 3.8) is 0 Å². The highest BCUT2D eigenvalue weighted by molar-refractivity contribution is 5.93. The first-order valence-electron chi connectivity index (χ1n) is 9.81. The number of rotatable bonds is 6. The predicted octanol–water partition coefficient (Wildman–Crippen LogP) is 2.34. The van der Waals surface area contributed by atoms with Gasteiger partial charge in [-0.15, -0.1) is 0 Å². The minimum Gasteiger partial charge on any atom is -0.353 e. The Morgan fingerprint density at radius 2 is 1.79 bits per heavy atom. The molecule has 1 aliphatic rings. The van der Waals surface area contributed by atoms with Crippen LogP contribution in [0.15, 0.2) is 36.4 Å². The van der Waals surface area contributed by atoms with E-state index in [1.807, 2.05) is 35.2 Å². The van der Waals surface area contributed by atoms with Gasteiger partial charge in [0.2, 0.25) is 5.91 Å². The van der Waals surface area contributed by atoms with E-state index in [-0.39, 0.29) is 11.8 Å². The predicted molar refractivity (Wildman–Crippen MR) is 109 cm³/mol. The lowest BCUT2D eigenvalue weighted by Crippen LogP contribution is -2.48. The summed E-state index contributed by atoms with van der Waals surface area (Å²) < 4.78 is 0. The van der Waals surface area contributed by atoms with E-state index in [9.17, 15) is 9.59 Å². The first-order chi connectivity index (χ1) is 13.6. The van der Waals surface area contributed by atoms with Crippen LogP contribution in [0.5, 0.6) is 0 Å². The lowest BCUT2D eigenvalue weighted by Gasteiger charge is -2.35. The molecule has 0 aliphatic carbocycles. The molecule has 0 radical (unpaired) electrons. The van der Waals surface area contributed by atoms with Crippen molar-refractivity contribution in [2.75, 3.05) is 37.6 Å². The van der Waals surface area contributed by atoms with Crippen molar-refractivity contribution in [3.8, 4) is 11.4 Å². The van der Waals surface area contributed by atoms with Gasteiger partial charge in [0.1, 0.15) is 11.5 Å². The number of carbonyl (C=O) groups is 2. The number of unbranched alkanes of at least 4 members (excludes halogenated alkanes) is 1. The van der Waals surface area contributed by atoms with E-state index in [1.165, 1.54) is 0 Å². The number of piperazine rings is 1. The zero-order valence-corrected chi connectivity index (χ0v) is 16.5. The molecule has 148 valence electrons. The summed E-state index contributed by atoms with van der Waals surface area (Å²) in [6, 6.07) is 11.4.